The fourth-order valence-corrected chi connectivity index (χ4v) is 2.17. The van der Waals surface area contributed by atoms with Crippen LogP contribution >= 0.6 is 0 Å². The van der Waals surface area contributed by atoms with E-state index in [0.29, 0.717) is 26.4 Å². The molecule has 0 spiro atoms. The zero-order valence-corrected chi connectivity index (χ0v) is 13.9. The van der Waals surface area contributed by atoms with Gasteiger partial charge in [-0.05, 0) is 43.7 Å². The Labute approximate surface area is 138 Å². The van der Waals surface area contributed by atoms with Crippen molar-refractivity contribution in [2.75, 3.05) is 31.7 Å². The summed E-state index contributed by atoms with van der Waals surface area (Å²) < 4.78 is 16.5. The monoisotopic (exact) mass is 315 g/mol. The molecule has 0 fully saturated rings. The van der Waals surface area contributed by atoms with Gasteiger partial charge < -0.3 is 19.5 Å². The summed E-state index contributed by atoms with van der Waals surface area (Å²) in [5.74, 6) is 1.75. The number of hydrogen-bond donors (Lipinski definition) is 1. The SMILES string of the molecule is CCOCCOc1cccc(NCc2cccc(OCC)c2)c1. The molecular weight excluding hydrogens is 290 g/mol. The normalized spacial score (nSPS) is 10.3. The van der Waals surface area contributed by atoms with Crippen molar-refractivity contribution in [1.29, 1.82) is 0 Å². The summed E-state index contributed by atoms with van der Waals surface area (Å²) in [5, 5.41) is 3.41. The first-order valence-corrected chi connectivity index (χ1v) is 8.08. The van der Waals surface area contributed by atoms with E-state index < -0.39 is 0 Å². The second kappa shape index (κ2) is 9.74. The molecule has 0 aliphatic rings. The molecule has 2 aromatic rings. The second-order valence-corrected chi connectivity index (χ2v) is 5.01. The van der Waals surface area contributed by atoms with Crippen molar-refractivity contribution in [3.8, 4) is 11.5 Å². The average molecular weight is 315 g/mol. The lowest BCUT2D eigenvalue weighted by atomic mass is 10.2. The molecule has 0 radical (unpaired) electrons. The minimum atomic E-state index is 0.563. The molecule has 2 rings (SSSR count). The number of benzene rings is 2. The van der Waals surface area contributed by atoms with E-state index >= 15 is 0 Å². The summed E-state index contributed by atoms with van der Waals surface area (Å²) in [6.45, 7) is 7.27. The van der Waals surface area contributed by atoms with Crippen LogP contribution in [0.2, 0.25) is 0 Å². The Morgan fingerprint density at radius 2 is 1.61 bits per heavy atom. The van der Waals surface area contributed by atoms with Crippen molar-refractivity contribution < 1.29 is 14.2 Å². The van der Waals surface area contributed by atoms with Crippen LogP contribution in [0, 0.1) is 0 Å². The highest BCUT2D eigenvalue weighted by Gasteiger charge is 1.99. The molecule has 0 atom stereocenters. The Bertz CT molecular complexity index is 586. The fraction of sp³-hybridized carbons (Fsp3) is 0.368. The van der Waals surface area contributed by atoms with E-state index in [-0.39, 0.29) is 0 Å². The molecule has 0 heterocycles. The Hall–Kier alpha value is -2.20. The van der Waals surface area contributed by atoms with Gasteiger partial charge in [-0.2, -0.15) is 0 Å². The summed E-state index contributed by atoms with van der Waals surface area (Å²) >= 11 is 0. The number of rotatable bonds is 10. The molecule has 4 nitrogen and oxygen atoms in total. The van der Waals surface area contributed by atoms with Gasteiger partial charge in [0.15, 0.2) is 0 Å². The summed E-state index contributed by atoms with van der Waals surface area (Å²) in [6, 6.07) is 16.1. The van der Waals surface area contributed by atoms with Gasteiger partial charge in [-0.1, -0.05) is 18.2 Å². The van der Waals surface area contributed by atoms with E-state index in [1.54, 1.807) is 0 Å². The van der Waals surface area contributed by atoms with Crippen molar-refractivity contribution in [1.82, 2.24) is 0 Å². The van der Waals surface area contributed by atoms with Crippen molar-refractivity contribution in [2.45, 2.75) is 20.4 Å². The van der Waals surface area contributed by atoms with Crippen molar-refractivity contribution in [2.24, 2.45) is 0 Å². The van der Waals surface area contributed by atoms with E-state index in [1.807, 2.05) is 50.2 Å². The lowest BCUT2D eigenvalue weighted by Crippen LogP contribution is -2.06. The largest absolute Gasteiger partial charge is 0.494 e. The van der Waals surface area contributed by atoms with Gasteiger partial charge in [-0.15, -0.1) is 0 Å². The fourth-order valence-electron chi connectivity index (χ4n) is 2.17. The molecule has 2 aromatic carbocycles. The van der Waals surface area contributed by atoms with Crippen LogP contribution < -0.4 is 14.8 Å². The molecule has 0 amide bonds. The van der Waals surface area contributed by atoms with Gasteiger partial charge in [0.1, 0.15) is 18.1 Å². The van der Waals surface area contributed by atoms with Crippen LogP contribution in [-0.4, -0.2) is 26.4 Å². The summed E-state index contributed by atoms with van der Waals surface area (Å²) in [6.07, 6.45) is 0. The molecule has 0 unspecified atom stereocenters. The van der Waals surface area contributed by atoms with Crippen LogP contribution in [0.25, 0.3) is 0 Å². The first-order chi connectivity index (χ1) is 11.3. The van der Waals surface area contributed by atoms with E-state index in [9.17, 15) is 0 Å². The average Bonchev–Trinajstić information content (AvgIpc) is 2.58. The van der Waals surface area contributed by atoms with E-state index in [4.69, 9.17) is 14.2 Å². The lowest BCUT2D eigenvalue weighted by Gasteiger charge is -2.11. The third-order valence-electron chi connectivity index (χ3n) is 3.24. The maximum absolute atomic E-state index is 5.67. The van der Waals surface area contributed by atoms with Crippen LogP contribution in [-0.2, 0) is 11.3 Å². The highest BCUT2D eigenvalue weighted by Crippen LogP contribution is 2.19. The third kappa shape index (κ3) is 6.20. The minimum absolute atomic E-state index is 0.563. The van der Waals surface area contributed by atoms with E-state index in [0.717, 1.165) is 23.7 Å². The van der Waals surface area contributed by atoms with Crippen LogP contribution in [0.1, 0.15) is 19.4 Å². The van der Waals surface area contributed by atoms with E-state index in [1.165, 1.54) is 5.56 Å². The van der Waals surface area contributed by atoms with Gasteiger partial charge in [-0.25, -0.2) is 0 Å². The first kappa shape index (κ1) is 17.2. The van der Waals surface area contributed by atoms with Gasteiger partial charge in [0, 0.05) is 24.9 Å². The van der Waals surface area contributed by atoms with Crippen LogP contribution in [0.5, 0.6) is 11.5 Å². The number of ether oxygens (including phenoxy) is 3. The molecule has 124 valence electrons. The number of nitrogens with one attached hydrogen (secondary N) is 1. The molecule has 0 saturated carbocycles. The van der Waals surface area contributed by atoms with Gasteiger partial charge in [0.05, 0.1) is 13.2 Å². The molecule has 0 bridgehead atoms. The predicted octanol–water partition coefficient (Wildman–Crippen LogP) is 4.11. The smallest absolute Gasteiger partial charge is 0.121 e. The van der Waals surface area contributed by atoms with Crippen LogP contribution in [0.4, 0.5) is 5.69 Å². The van der Waals surface area contributed by atoms with Crippen molar-refractivity contribution >= 4 is 5.69 Å². The maximum atomic E-state index is 5.67. The molecule has 0 aliphatic heterocycles. The zero-order valence-electron chi connectivity index (χ0n) is 13.9. The molecule has 23 heavy (non-hydrogen) atoms. The number of hydrogen-bond acceptors (Lipinski definition) is 4. The predicted molar refractivity (Wildman–Crippen MR) is 93.4 cm³/mol. The highest BCUT2D eigenvalue weighted by atomic mass is 16.5. The van der Waals surface area contributed by atoms with E-state index in [2.05, 4.69) is 17.4 Å². The second-order valence-electron chi connectivity index (χ2n) is 5.01. The van der Waals surface area contributed by atoms with Gasteiger partial charge in [-0.3, -0.25) is 0 Å². The number of anilines is 1. The maximum Gasteiger partial charge on any atom is 0.121 e. The Balaban J connectivity index is 1.86. The lowest BCUT2D eigenvalue weighted by molar-refractivity contribution is 0.110. The van der Waals surface area contributed by atoms with Crippen LogP contribution in [0.3, 0.4) is 0 Å². The minimum Gasteiger partial charge on any atom is -0.494 e. The standard InChI is InChI=1S/C19H25NO3/c1-3-21-11-12-23-19-10-6-8-17(14-19)20-15-16-7-5-9-18(13-16)22-4-2/h5-10,13-14,20H,3-4,11-12,15H2,1-2H3. The van der Waals surface area contributed by atoms with Gasteiger partial charge >= 0.3 is 0 Å². The third-order valence-corrected chi connectivity index (χ3v) is 3.24. The summed E-state index contributed by atoms with van der Waals surface area (Å²) in [4.78, 5) is 0. The Morgan fingerprint density at radius 1 is 0.826 bits per heavy atom. The van der Waals surface area contributed by atoms with Crippen molar-refractivity contribution in [3.05, 3.63) is 54.1 Å². The van der Waals surface area contributed by atoms with Crippen LogP contribution in [0.15, 0.2) is 48.5 Å². The van der Waals surface area contributed by atoms with Crippen molar-refractivity contribution in [3.63, 3.8) is 0 Å². The zero-order chi connectivity index (χ0) is 16.3. The van der Waals surface area contributed by atoms with Gasteiger partial charge in [0.2, 0.25) is 0 Å². The molecule has 4 heteroatoms. The topological polar surface area (TPSA) is 39.7 Å². The summed E-state index contributed by atoms with van der Waals surface area (Å²) in [7, 11) is 0. The Kier molecular flexibility index (Phi) is 7.27. The quantitative estimate of drug-likeness (QED) is 0.670. The Morgan fingerprint density at radius 3 is 2.39 bits per heavy atom. The summed E-state index contributed by atoms with van der Waals surface area (Å²) in [5.41, 5.74) is 2.21. The highest BCUT2D eigenvalue weighted by molar-refractivity contribution is 5.48. The molecule has 1 N–H and O–H groups in total. The molecule has 0 aliphatic carbocycles. The molecule has 0 saturated heterocycles. The molecular formula is C19H25NO3. The van der Waals surface area contributed by atoms with Gasteiger partial charge in [0.25, 0.3) is 0 Å². The first-order valence-electron chi connectivity index (χ1n) is 8.08. The molecule has 0 aromatic heterocycles.